The van der Waals surface area contributed by atoms with E-state index in [1.54, 1.807) is 29.6 Å². The van der Waals surface area contributed by atoms with Crippen LogP contribution in [-0.2, 0) is 0 Å². The van der Waals surface area contributed by atoms with Crippen LogP contribution in [0.3, 0.4) is 0 Å². The SMILES string of the molecule is CCOc1cc(-c2cc(C(=O)O)cs2)ccc1-c1nc(N)c(N)c(=O)[nH]1. The molecule has 0 aliphatic heterocycles. The molecule has 3 rings (SSSR count). The Hall–Kier alpha value is -3.33. The van der Waals surface area contributed by atoms with Crippen molar-refractivity contribution in [2.24, 2.45) is 0 Å². The number of nitrogens with zero attached hydrogens (tertiary/aromatic N) is 1. The molecule has 0 radical (unpaired) electrons. The maximum Gasteiger partial charge on any atom is 0.336 e. The van der Waals surface area contributed by atoms with E-state index in [9.17, 15) is 9.59 Å². The van der Waals surface area contributed by atoms with Crippen LogP contribution in [0, 0.1) is 0 Å². The van der Waals surface area contributed by atoms with Crippen molar-refractivity contribution in [1.29, 1.82) is 0 Å². The van der Waals surface area contributed by atoms with Crippen LogP contribution >= 0.6 is 11.3 Å². The monoisotopic (exact) mass is 372 g/mol. The molecule has 3 aromatic rings. The van der Waals surface area contributed by atoms with E-state index in [0.717, 1.165) is 10.4 Å². The number of H-pyrrole nitrogens is 1. The minimum atomic E-state index is -0.978. The summed E-state index contributed by atoms with van der Waals surface area (Å²) in [6, 6.07) is 6.89. The average Bonchev–Trinajstić information content (AvgIpc) is 3.10. The molecule has 26 heavy (non-hydrogen) atoms. The van der Waals surface area contributed by atoms with Crippen LogP contribution in [0.15, 0.2) is 34.4 Å². The van der Waals surface area contributed by atoms with Crippen molar-refractivity contribution < 1.29 is 14.6 Å². The summed E-state index contributed by atoms with van der Waals surface area (Å²) in [6.45, 7) is 2.23. The van der Waals surface area contributed by atoms with Gasteiger partial charge >= 0.3 is 5.97 Å². The molecule has 6 N–H and O–H groups in total. The Kier molecular flexibility index (Phi) is 4.63. The highest BCUT2D eigenvalue weighted by molar-refractivity contribution is 7.13. The van der Waals surface area contributed by atoms with E-state index in [1.165, 1.54) is 11.3 Å². The predicted octanol–water partition coefficient (Wildman–Crippen LogP) is 2.43. The van der Waals surface area contributed by atoms with Crippen LogP contribution in [0.4, 0.5) is 11.5 Å². The second kappa shape index (κ2) is 6.89. The van der Waals surface area contributed by atoms with Crippen LogP contribution in [0.2, 0.25) is 0 Å². The minimum absolute atomic E-state index is 0.0559. The Morgan fingerprint density at radius 2 is 2.12 bits per heavy atom. The number of carbonyl (C=O) groups is 1. The van der Waals surface area contributed by atoms with Crippen molar-refractivity contribution in [1.82, 2.24) is 9.97 Å². The van der Waals surface area contributed by atoms with Gasteiger partial charge in [-0.05, 0) is 30.7 Å². The standard InChI is InChI=1S/C17H16N4O4S/c1-2-25-11-5-8(12-6-9(7-26-12)17(23)24)3-4-10(11)15-20-14(19)13(18)16(22)21-15/h3-7H,2,18H2,1H3,(H,23,24)(H3,19,20,21,22). The molecule has 0 atom stereocenters. The first kappa shape index (κ1) is 17.5. The van der Waals surface area contributed by atoms with E-state index < -0.39 is 11.5 Å². The van der Waals surface area contributed by atoms with Crippen molar-refractivity contribution in [2.45, 2.75) is 6.92 Å². The Labute approximate surface area is 152 Å². The molecule has 134 valence electrons. The molecular weight excluding hydrogens is 356 g/mol. The zero-order chi connectivity index (χ0) is 18.8. The Bertz CT molecular complexity index is 1040. The lowest BCUT2D eigenvalue weighted by molar-refractivity contribution is 0.0697. The van der Waals surface area contributed by atoms with Crippen molar-refractivity contribution in [2.75, 3.05) is 18.1 Å². The molecule has 0 bridgehead atoms. The van der Waals surface area contributed by atoms with E-state index in [-0.39, 0.29) is 22.9 Å². The summed E-state index contributed by atoms with van der Waals surface area (Å²) in [5.74, 6) is -0.301. The third-order valence-electron chi connectivity index (χ3n) is 3.65. The molecule has 0 spiro atoms. The van der Waals surface area contributed by atoms with Gasteiger partial charge in [-0.3, -0.25) is 4.79 Å². The van der Waals surface area contributed by atoms with Gasteiger partial charge in [-0.25, -0.2) is 9.78 Å². The summed E-state index contributed by atoms with van der Waals surface area (Å²) in [7, 11) is 0. The fourth-order valence-electron chi connectivity index (χ4n) is 2.37. The summed E-state index contributed by atoms with van der Waals surface area (Å²) < 4.78 is 5.67. The maximum atomic E-state index is 11.9. The van der Waals surface area contributed by atoms with Crippen LogP contribution in [-0.4, -0.2) is 27.7 Å². The lowest BCUT2D eigenvalue weighted by Crippen LogP contribution is -2.17. The lowest BCUT2D eigenvalue weighted by Gasteiger charge is -2.12. The Balaban J connectivity index is 2.10. The van der Waals surface area contributed by atoms with Crippen LogP contribution in [0.5, 0.6) is 5.75 Å². The average molecular weight is 372 g/mol. The van der Waals surface area contributed by atoms with Gasteiger partial charge in [0.25, 0.3) is 5.56 Å². The summed E-state index contributed by atoms with van der Waals surface area (Å²) in [4.78, 5) is 30.4. The van der Waals surface area contributed by atoms with Gasteiger partial charge in [0.05, 0.1) is 17.7 Å². The number of ether oxygens (including phenoxy) is 1. The number of nitrogen functional groups attached to an aromatic ring is 2. The first-order valence-electron chi connectivity index (χ1n) is 7.65. The lowest BCUT2D eigenvalue weighted by atomic mass is 10.1. The van der Waals surface area contributed by atoms with Crippen LogP contribution in [0.1, 0.15) is 17.3 Å². The van der Waals surface area contributed by atoms with Gasteiger partial charge < -0.3 is 26.3 Å². The van der Waals surface area contributed by atoms with Gasteiger partial charge in [-0.2, -0.15) is 0 Å². The molecule has 0 aliphatic rings. The minimum Gasteiger partial charge on any atom is -0.493 e. The number of nitrogens with one attached hydrogen (secondary N) is 1. The van der Waals surface area contributed by atoms with E-state index in [0.29, 0.717) is 17.9 Å². The molecule has 2 heterocycles. The molecule has 0 saturated carbocycles. The van der Waals surface area contributed by atoms with Crippen molar-refractivity contribution >= 4 is 28.8 Å². The van der Waals surface area contributed by atoms with Crippen molar-refractivity contribution in [3.8, 4) is 27.6 Å². The number of carboxylic acids is 1. The zero-order valence-corrected chi connectivity index (χ0v) is 14.6. The summed E-state index contributed by atoms with van der Waals surface area (Å²) >= 11 is 1.32. The molecule has 1 aromatic carbocycles. The molecule has 0 fully saturated rings. The highest BCUT2D eigenvalue weighted by Gasteiger charge is 2.15. The largest absolute Gasteiger partial charge is 0.493 e. The molecule has 0 amide bonds. The van der Waals surface area contributed by atoms with Crippen LogP contribution < -0.4 is 21.8 Å². The number of hydrogen-bond donors (Lipinski definition) is 4. The molecular formula is C17H16N4O4S. The van der Waals surface area contributed by atoms with Crippen LogP contribution in [0.25, 0.3) is 21.8 Å². The fraction of sp³-hybridized carbons (Fsp3) is 0.118. The topological polar surface area (TPSA) is 144 Å². The molecule has 2 aromatic heterocycles. The Morgan fingerprint density at radius 3 is 2.73 bits per heavy atom. The normalized spacial score (nSPS) is 10.7. The van der Waals surface area contributed by atoms with E-state index in [2.05, 4.69) is 9.97 Å². The van der Waals surface area contributed by atoms with E-state index in [1.807, 2.05) is 6.92 Å². The third kappa shape index (κ3) is 3.24. The second-order valence-electron chi connectivity index (χ2n) is 5.36. The number of hydrogen-bond acceptors (Lipinski definition) is 7. The van der Waals surface area contributed by atoms with Crippen molar-refractivity contribution in [3.63, 3.8) is 0 Å². The third-order valence-corrected chi connectivity index (χ3v) is 4.63. The summed E-state index contributed by atoms with van der Waals surface area (Å²) in [6.07, 6.45) is 0. The molecule has 9 heteroatoms. The molecule has 0 saturated heterocycles. The summed E-state index contributed by atoms with van der Waals surface area (Å²) in [5, 5.41) is 10.6. The predicted molar refractivity (Wildman–Crippen MR) is 101 cm³/mol. The Morgan fingerprint density at radius 1 is 1.35 bits per heavy atom. The van der Waals surface area contributed by atoms with Gasteiger partial charge in [-0.15, -0.1) is 11.3 Å². The molecule has 0 unspecified atom stereocenters. The smallest absolute Gasteiger partial charge is 0.336 e. The van der Waals surface area contributed by atoms with Crippen molar-refractivity contribution in [3.05, 3.63) is 45.6 Å². The number of thiophene rings is 1. The van der Waals surface area contributed by atoms with Gasteiger partial charge in [0.2, 0.25) is 0 Å². The molecule has 0 aliphatic carbocycles. The summed E-state index contributed by atoms with van der Waals surface area (Å²) in [5.41, 5.74) is 12.1. The zero-order valence-electron chi connectivity index (χ0n) is 13.8. The first-order valence-corrected chi connectivity index (χ1v) is 8.53. The highest BCUT2D eigenvalue weighted by Crippen LogP contribution is 2.35. The first-order chi connectivity index (χ1) is 12.4. The quantitative estimate of drug-likeness (QED) is 0.538. The van der Waals surface area contributed by atoms with Gasteiger partial charge in [0, 0.05) is 10.3 Å². The number of aromatic carboxylic acids is 1. The number of benzene rings is 1. The fourth-order valence-corrected chi connectivity index (χ4v) is 3.25. The second-order valence-corrected chi connectivity index (χ2v) is 6.27. The van der Waals surface area contributed by atoms with E-state index in [4.69, 9.17) is 21.3 Å². The van der Waals surface area contributed by atoms with E-state index >= 15 is 0 Å². The molecule has 8 nitrogen and oxygen atoms in total. The van der Waals surface area contributed by atoms with Gasteiger partial charge in [-0.1, -0.05) is 6.07 Å². The number of rotatable bonds is 5. The number of aromatic amines is 1. The number of nitrogens with two attached hydrogens (primary N) is 2. The van der Waals surface area contributed by atoms with Gasteiger partial charge in [0.1, 0.15) is 17.3 Å². The number of anilines is 2. The van der Waals surface area contributed by atoms with Gasteiger partial charge in [0.15, 0.2) is 5.82 Å². The number of carboxylic acid groups (broad SMARTS) is 1. The number of aromatic nitrogens is 2. The highest BCUT2D eigenvalue weighted by atomic mass is 32.1. The maximum absolute atomic E-state index is 11.9.